The largest absolute Gasteiger partial charge is 0.484 e. The molecule has 1 aromatic heterocycles. The highest BCUT2D eigenvalue weighted by molar-refractivity contribution is 7.92. The van der Waals surface area contributed by atoms with Crippen molar-refractivity contribution in [3.8, 4) is 5.75 Å². The topological polar surface area (TPSA) is 130 Å². The number of hydrogen-bond donors (Lipinski definition) is 2. The minimum absolute atomic E-state index is 0.136. The lowest BCUT2D eigenvalue weighted by Gasteiger charge is -2.16. The highest BCUT2D eigenvalue weighted by Crippen LogP contribution is 2.16. The number of carbonyl (C=O) groups excluding carboxylic acids is 2. The second kappa shape index (κ2) is 11.1. The van der Waals surface area contributed by atoms with Crippen molar-refractivity contribution in [1.82, 2.24) is 10.7 Å². The van der Waals surface area contributed by atoms with Crippen LogP contribution < -0.4 is 19.8 Å². The highest BCUT2D eigenvalue weighted by Gasteiger charge is 2.12. The predicted molar refractivity (Wildman–Crippen MR) is 127 cm³/mol. The maximum atomic E-state index is 12.2. The molecule has 2 amide bonds. The molecule has 0 aliphatic rings. The summed E-state index contributed by atoms with van der Waals surface area (Å²) in [6, 6.07) is 16.4. The third-order valence-corrected chi connectivity index (χ3v) is 5.87. The van der Waals surface area contributed by atoms with E-state index in [4.69, 9.17) is 9.15 Å². The molecular formula is C23H24N4O6S. The lowest BCUT2D eigenvalue weighted by molar-refractivity contribution is -0.123. The van der Waals surface area contributed by atoms with Gasteiger partial charge in [-0.3, -0.25) is 13.9 Å². The zero-order chi connectivity index (χ0) is 24.6. The molecule has 3 aromatic rings. The lowest BCUT2D eigenvalue weighted by atomic mass is 10.2. The zero-order valence-corrected chi connectivity index (χ0v) is 19.4. The van der Waals surface area contributed by atoms with Crippen molar-refractivity contribution in [3.63, 3.8) is 0 Å². The molecule has 0 bridgehead atoms. The van der Waals surface area contributed by atoms with Gasteiger partial charge in [0.05, 0.1) is 31.0 Å². The third-order valence-electron chi connectivity index (χ3n) is 4.66. The number of nitrogens with zero attached hydrogens (tertiary/aromatic N) is 2. The Balaban J connectivity index is 1.44. The molecule has 10 nitrogen and oxygen atoms in total. The van der Waals surface area contributed by atoms with Crippen LogP contribution in [0.3, 0.4) is 0 Å². The normalized spacial score (nSPS) is 11.2. The van der Waals surface area contributed by atoms with Gasteiger partial charge >= 0.3 is 0 Å². The van der Waals surface area contributed by atoms with Crippen molar-refractivity contribution < 1.29 is 27.2 Å². The van der Waals surface area contributed by atoms with E-state index in [0.717, 1.165) is 10.6 Å². The SMILES string of the molecule is CN(c1ccc(C(=O)N/N=C\c2ccc(OCC(=O)NCc3ccco3)cc2)cc1)S(C)(=O)=O. The molecule has 0 radical (unpaired) electrons. The molecule has 0 saturated heterocycles. The summed E-state index contributed by atoms with van der Waals surface area (Å²) in [5, 5.41) is 6.61. The van der Waals surface area contributed by atoms with Crippen LogP contribution >= 0.6 is 0 Å². The fraction of sp³-hybridized carbons (Fsp3) is 0.174. The Labute approximate surface area is 197 Å². The first-order chi connectivity index (χ1) is 16.2. The molecule has 0 aliphatic heterocycles. The Morgan fingerprint density at radius 2 is 1.79 bits per heavy atom. The first-order valence-electron chi connectivity index (χ1n) is 10.1. The van der Waals surface area contributed by atoms with Gasteiger partial charge in [-0.15, -0.1) is 0 Å². The molecule has 0 saturated carbocycles. The summed E-state index contributed by atoms with van der Waals surface area (Å²) >= 11 is 0. The number of amides is 2. The quantitative estimate of drug-likeness (QED) is 0.335. The standard InChI is InChI=1S/C23H24N4O6S/c1-27(34(2,30)31)19-9-7-18(8-10-19)23(29)26-25-14-17-5-11-20(12-6-17)33-16-22(28)24-15-21-4-3-13-32-21/h3-14H,15-16H2,1-2H3,(H,24,28)(H,26,29)/b25-14-. The number of nitrogens with one attached hydrogen (secondary N) is 2. The molecule has 11 heteroatoms. The van der Waals surface area contributed by atoms with Crippen LogP contribution in [0.5, 0.6) is 5.75 Å². The third kappa shape index (κ3) is 7.20. The van der Waals surface area contributed by atoms with Crippen molar-refractivity contribution in [2.75, 3.05) is 24.2 Å². The minimum atomic E-state index is -3.38. The summed E-state index contributed by atoms with van der Waals surface area (Å²) in [7, 11) is -1.95. The van der Waals surface area contributed by atoms with E-state index in [9.17, 15) is 18.0 Å². The molecule has 1 heterocycles. The van der Waals surface area contributed by atoms with Gasteiger partial charge in [0, 0.05) is 12.6 Å². The Morgan fingerprint density at radius 3 is 2.41 bits per heavy atom. The molecular weight excluding hydrogens is 460 g/mol. The number of furan rings is 1. The molecule has 3 rings (SSSR count). The van der Waals surface area contributed by atoms with E-state index in [1.807, 2.05) is 0 Å². The first kappa shape index (κ1) is 24.5. The minimum Gasteiger partial charge on any atom is -0.484 e. The Kier molecular flexibility index (Phi) is 8.04. The van der Waals surface area contributed by atoms with Crippen molar-refractivity contribution in [2.24, 2.45) is 5.10 Å². The fourth-order valence-corrected chi connectivity index (χ4v) is 3.20. The van der Waals surface area contributed by atoms with Gasteiger partial charge in [0.1, 0.15) is 11.5 Å². The summed E-state index contributed by atoms with van der Waals surface area (Å²) in [6.07, 6.45) is 4.10. The van der Waals surface area contributed by atoms with Gasteiger partial charge in [0.15, 0.2) is 6.61 Å². The van der Waals surface area contributed by atoms with E-state index in [1.165, 1.54) is 43.8 Å². The lowest BCUT2D eigenvalue weighted by Crippen LogP contribution is -2.28. The molecule has 178 valence electrons. The van der Waals surface area contributed by atoms with Gasteiger partial charge < -0.3 is 14.5 Å². The molecule has 2 N–H and O–H groups in total. The smallest absolute Gasteiger partial charge is 0.271 e. The number of rotatable bonds is 10. The highest BCUT2D eigenvalue weighted by atomic mass is 32.2. The maximum Gasteiger partial charge on any atom is 0.271 e. The molecule has 0 fully saturated rings. The van der Waals surface area contributed by atoms with E-state index in [-0.39, 0.29) is 19.1 Å². The summed E-state index contributed by atoms with van der Waals surface area (Å²) in [5.74, 6) is 0.445. The van der Waals surface area contributed by atoms with Gasteiger partial charge in [0.2, 0.25) is 10.0 Å². The zero-order valence-electron chi connectivity index (χ0n) is 18.6. The van der Waals surface area contributed by atoms with Crippen LogP contribution in [0.1, 0.15) is 21.7 Å². The van der Waals surface area contributed by atoms with Crippen LogP contribution in [0.25, 0.3) is 0 Å². The van der Waals surface area contributed by atoms with E-state index >= 15 is 0 Å². The molecule has 34 heavy (non-hydrogen) atoms. The molecule has 2 aromatic carbocycles. The number of hydrogen-bond acceptors (Lipinski definition) is 7. The van der Waals surface area contributed by atoms with Crippen LogP contribution in [0, 0.1) is 0 Å². The molecule has 0 spiro atoms. The average molecular weight is 485 g/mol. The molecule has 0 aliphatic carbocycles. The number of ether oxygens (including phenoxy) is 1. The number of carbonyl (C=O) groups is 2. The van der Waals surface area contributed by atoms with E-state index in [0.29, 0.717) is 28.3 Å². The number of anilines is 1. The second-order valence-corrected chi connectivity index (χ2v) is 9.20. The van der Waals surface area contributed by atoms with Gasteiger partial charge in [-0.1, -0.05) is 0 Å². The van der Waals surface area contributed by atoms with Gasteiger partial charge in [-0.25, -0.2) is 13.8 Å². The summed E-state index contributed by atoms with van der Waals surface area (Å²) in [5.41, 5.74) is 3.90. The maximum absolute atomic E-state index is 12.2. The molecule has 0 atom stereocenters. The Morgan fingerprint density at radius 1 is 1.09 bits per heavy atom. The van der Waals surface area contributed by atoms with Gasteiger partial charge in [-0.2, -0.15) is 5.10 Å². The number of benzene rings is 2. The van der Waals surface area contributed by atoms with Crippen molar-refractivity contribution >= 4 is 33.7 Å². The number of sulfonamides is 1. The van der Waals surface area contributed by atoms with Crippen LogP contribution in [0.2, 0.25) is 0 Å². The predicted octanol–water partition coefficient (Wildman–Crippen LogP) is 2.13. The van der Waals surface area contributed by atoms with Crippen molar-refractivity contribution in [3.05, 3.63) is 83.8 Å². The van der Waals surface area contributed by atoms with Crippen LogP contribution in [-0.2, 0) is 21.4 Å². The van der Waals surface area contributed by atoms with Crippen molar-refractivity contribution in [1.29, 1.82) is 0 Å². The first-order valence-corrected chi connectivity index (χ1v) is 12.0. The fourth-order valence-electron chi connectivity index (χ4n) is 2.69. The van der Waals surface area contributed by atoms with Gasteiger partial charge in [-0.05, 0) is 66.2 Å². The van der Waals surface area contributed by atoms with E-state index in [2.05, 4.69) is 15.8 Å². The number of hydrazone groups is 1. The van der Waals surface area contributed by atoms with Crippen molar-refractivity contribution in [2.45, 2.75) is 6.54 Å². The van der Waals surface area contributed by atoms with Crippen LogP contribution in [0.4, 0.5) is 5.69 Å². The molecule has 0 unspecified atom stereocenters. The van der Waals surface area contributed by atoms with Crippen LogP contribution in [-0.4, -0.2) is 46.4 Å². The summed E-state index contributed by atoms with van der Waals surface area (Å²) in [4.78, 5) is 24.1. The van der Waals surface area contributed by atoms with E-state index < -0.39 is 15.9 Å². The Bertz CT molecular complexity index is 1240. The summed E-state index contributed by atoms with van der Waals surface area (Å²) < 4.78 is 34.9. The van der Waals surface area contributed by atoms with Crippen LogP contribution in [0.15, 0.2) is 76.4 Å². The average Bonchev–Trinajstić information content (AvgIpc) is 3.35. The monoisotopic (exact) mass is 484 g/mol. The summed E-state index contributed by atoms with van der Waals surface area (Å²) in [6.45, 7) is 0.154. The Hall–Kier alpha value is -4.12. The van der Waals surface area contributed by atoms with E-state index in [1.54, 1.807) is 36.4 Å². The second-order valence-electron chi connectivity index (χ2n) is 7.19. The van der Waals surface area contributed by atoms with Gasteiger partial charge in [0.25, 0.3) is 11.8 Å².